The number of nitrogens with zero attached hydrogens (tertiary/aromatic N) is 5. The highest BCUT2D eigenvalue weighted by molar-refractivity contribution is 7.93. The largest absolute Gasteiger partial charge is 0.508 e. The summed E-state index contributed by atoms with van der Waals surface area (Å²) in [5.41, 5.74) is 7.00. The van der Waals surface area contributed by atoms with Gasteiger partial charge in [-0.3, -0.25) is 14.7 Å². The summed E-state index contributed by atoms with van der Waals surface area (Å²) >= 11 is 0. The fourth-order valence-electron chi connectivity index (χ4n) is 11.5. The number of rotatable bonds is 11. The van der Waals surface area contributed by atoms with Crippen molar-refractivity contribution in [2.45, 2.75) is 114 Å². The van der Waals surface area contributed by atoms with Crippen molar-refractivity contribution in [3.8, 4) is 17.1 Å². The maximum absolute atomic E-state index is 13.2. The topological polar surface area (TPSA) is 116 Å². The van der Waals surface area contributed by atoms with E-state index in [1.165, 1.54) is 56.1 Å². The van der Waals surface area contributed by atoms with Gasteiger partial charge in [0, 0.05) is 68.3 Å². The summed E-state index contributed by atoms with van der Waals surface area (Å²) < 4.78 is 27.9. The number of hydrogen-bond donors (Lipinski definition) is 2. The molecule has 6 aliphatic rings. The van der Waals surface area contributed by atoms with Crippen molar-refractivity contribution in [3.05, 3.63) is 70.7 Å². The molecule has 3 heterocycles. The average Bonchev–Trinajstić information content (AvgIpc) is 3.74. The molecule has 0 unspecified atom stereocenters. The number of benzene rings is 1. The Kier molecular flexibility index (Phi) is 9.41. The fourth-order valence-corrected chi connectivity index (χ4v) is 12.8. The van der Waals surface area contributed by atoms with Crippen molar-refractivity contribution in [2.24, 2.45) is 17.3 Å². The van der Waals surface area contributed by atoms with Gasteiger partial charge in [0.2, 0.25) is 0 Å². The van der Waals surface area contributed by atoms with Crippen LogP contribution in [0.2, 0.25) is 0 Å². The first kappa shape index (κ1) is 36.3. The monoisotopic (exact) mass is 750 g/mol. The molecule has 0 bridgehead atoms. The summed E-state index contributed by atoms with van der Waals surface area (Å²) in [7, 11) is -2.83. The summed E-state index contributed by atoms with van der Waals surface area (Å²) in [5, 5.41) is 10.0. The van der Waals surface area contributed by atoms with Crippen molar-refractivity contribution < 1.29 is 14.1 Å². The van der Waals surface area contributed by atoms with Crippen LogP contribution in [0.3, 0.4) is 0 Å². The molecular weight excluding hydrogens is 693 g/mol. The molecule has 2 aromatic heterocycles. The van der Waals surface area contributed by atoms with Crippen molar-refractivity contribution in [1.82, 2.24) is 19.9 Å². The smallest absolute Gasteiger partial charge is 0.162 e. The normalized spacial score (nSPS) is 30.6. The number of aromatic hydroxyl groups is 1. The van der Waals surface area contributed by atoms with Gasteiger partial charge in [-0.25, -0.2) is 14.2 Å². The molecule has 3 aromatic rings. The first-order valence-electron chi connectivity index (χ1n) is 20.7. The van der Waals surface area contributed by atoms with Crippen LogP contribution >= 0.6 is 0 Å². The van der Waals surface area contributed by atoms with Crippen LogP contribution in [0.15, 0.2) is 42.6 Å². The number of anilines is 1. The van der Waals surface area contributed by atoms with Gasteiger partial charge in [-0.2, -0.15) is 0 Å². The summed E-state index contributed by atoms with van der Waals surface area (Å²) in [6, 6.07) is 10.4. The third-order valence-electron chi connectivity index (χ3n) is 14.6. The van der Waals surface area contributed by atoms with E-state index in [2.05, 4.69) is 46.8 Å². The van der Waals surface area contributed by atoms with E-state index in [0.717, 1.165) is 105 Å². The highest BCUT2D eigenvalue weighted by Crippen LogP contribution is 2.61. The molecule has 9 nitrogen and oxygen atoms in total. The van der Waals surface area contributed by atoms with Gasteiger partial charge in [0.05, 0.1) is 32.0 Å². The van der Waals surface area contributed by atoms with Crippen LogP contribution in [0.25, 0.3) is 17.5 Å². The van der Waals surface area contributed by atoms with E-state index < -0.39 is 14.5 Å². The molecule has 3 saturated carbocycles. The van der Waals surface area contributed by atoms with E-state index in [-0.39, 0.29) is 6.04 Å². The number of hydrogen-bond acceptors (Lipinski definition) is 9. The zero-order valence-corrected chi connectivity index (χ0v) is 33.3. The Morgan fingerprint density at radius 2 is 1.91 bits per heavy atom. The second-order valence-electron chi connectivity index (χ2n) is 17.8. The maximum atomic E-state index is 13.2. The molecule has 1 saturated heterocycles. The van der Waals surface area contributed by atoms with E-state index in [4.69, 9.17) is 19.5 Å². The second kappa shape index (κ2) is 14.0. The number of unbranched alkanes of at least 4 members (excludes halogenated alkanes) is 2. The summed E-state index contributed by atoms with van der Waals surface area (Å²) in [4.78, 5) is 19.8. The minimum absolute atomic E-state index is 0.272. The van der Waals surface area contributed by atoms with E-state index in [0.29, 0.717) is 29.0 Å². The van der Waals surface area contributed by atoms with Crippen LogP contribution in [0.4, 0.5) is 5.82 Å². The summed E-state index contributed by atoms with van der Waals surface area (Å²) in [5.74, 6) is 4.09. The molecule has 0 radical (unpaired) electrons. The molecule has 1 aliphatic heterocycles. The molecule has 288 valence electrons. The third-order valence-corrected chi connectivity index (χ3v) is 16.7. The van der Waals surface area contributed by atoms with Gasteiger partial charge in [0.15, 0.2) is 5.82 Å². The molecule has 7 atom stereocenters. The van der Waals surface area contributed by atoms with Crippen LogP contribution in [-0.2, 0) is 32.1 Å². The van der Waals surface area contributed by atoms with Gasteiger partial charge in [0.25, 0.3) is 0 Å². The molecule has 1 aromatic carbocycles. The number of allylic oxidation sites excluding steroid dienone is 1. The van der Waals surface area contributed by atoms with Gasteiger partial charge in [0.1, 0.15) is 11.6 Å². The SMILES string of the molecule is C[C@@H]1CN(CCCCCO[C@H]2CC[C@H]3[C@@H]4CCc5cc(O)ccc5[C@H]4CC[C@]23C)CCN1c1cc(C2([S@](C)(=N)=O)CC2)nc(-c2ccnc3c2C=CC3)n1. The van der Waals surface area contributed by atoms with Crippen molar-refractivity contribution in [2.75, 3.05) is 43.9 Å². The lowest BCUT2D eigenvalue weighted by Gasteiger charge is -2.50. The lowest BCUT2D eigenvalue weighted by molar-refractivity contribution is -0.0647. The Morgan fingerprint density at radius 1 is 1.04 bits per heavy atom. The average molecular weight is 751 g/mol. The predicted molar refractivity (Wildman–Crippen MR) is 215 cm³/mol. The molecule has 2 N–H and O–H groups in total. The van der Waals surface area contributed by atoms with Crippen LogP contribution in [0, 0.1) is 22.0 Å². The number of pyridine rings is 1. The molecular formula is C44H58N6O3S. The van der Waals surface area contributed by atoms with Gasteiger partial charge in [-0.15, -0.1) is 0 Å². The minimum atomic E-state index is -2.83. The number of piperazine rings is 1. The Labute approximate surface area is 322 Å². The lowest BCUT2D eigenvalue weighted by Crippen LogP contribution is -2.52. The summed E-state index contributed by atoms with van der Waals surface area (Å²) in [6.07, 6.45) is 21.1. The Hall–Kier alpha value is -3.34. The van der Waals surface area contributed by atoms with E-state index in [1.54, 1.807) is 6.26 Å². The Bertz CT molecular complexity index is 2050. The van der Waals surface area contributed by atoms with Gasteiger partial charge < -0.3 is 14.7 Å². The van der Waals surface area contributed by atoms with Crippen LogP contribution in [0.1, 0.15) is 112 Å². The number of aromatic nitrogens is 3. The van der Waals surface area contributed by atoms with Crippen LogP contribution < -0.4 is 4.90 Å². The van der Waals surface area contributed by atoms with E-state index in [9.17, 15) is 9.32 Å². The fraction of sp³-hybridized carbons (Fsp3) is 0.614. The Balaban J connectivity index is 0.781. The predicted octanol–water partition coefficient (Wildman–Crippen LogP) is 8.10. The van der Waals surface area contributed by atoms with Crippen molar-refractivity contribution >= 4 is 21.6 Å². The number of nitrogens with one attached hydrogen (secondary N) is 1. The zero-order valence-electron chi connectivity index (χ0n) is 32.4. The number of aryl methyl sites for hydroxylation is 1. The minimum Gasteiger partial charge on any atom is -0.508 e. The zero-order chi connectivity index (χ0) is 37.2. The first-order chi connectivity index (χ1) is 26.0. The van der Waals surface area contributed by atoms with Gasteiger partial charge in [-0.05, 0) is 137 Å². The number of fused-ring (bicyclic) bond motifs is 6. The van der Waals surface area contributed by atoms with Gasteiger partial charge >= 0.3 is 0 Å². The van der Waals surface area contributed by atoms with Crippen LogP contribution in [0.5, 0.6) is 5.75 Å². The molecule has 9 rings (SSSR count). The molecule has 5 aliphatic carbocycles. The second-order valence-corrected chi connectivity index (χ2v) is 20.3. The number of phenolic OH excluding ortho intramolecular Hbond substituents is 1. The Morgan fingerprint density at radius 3 is 2.72 bits per heavy atom. The van der Waals surface area contributed by atoms with Crippen molar-refractivity contribution in [3.63, 3.8) is 0 Å². The number of phenols is 1. The lowest BCUT2D eigenvalue weighted by atomic mass is 9.55. The molecule has 54 heavy (non-hydrogen) atoms. The van der Waals surface area contributed by atoms with E-state index >= 15 is 0 Å². The molecule has 0 amide bonds. The first-order valence-corrected chi connectivity index (χ1v) is 22.7. The maximum Gasteiger partial charge on any atom is 0.162 e. The van der Waals surface area contributed by atoms with Crippen LogP contribution in [-0.4, -0.2) is 80.4 Å². The molecule has 4 fully saturated rings. The molecule has 10 heteroatoms. The standard InChI is InChI=1S/C44H58N6O3S/c1-29-28-49(22-5-4-6-25-53-40-15-14-37-34-12-10-30-26-31(51)11-13-32(30)33(34)16-18-43(37,40)2)23-24-50(29)41-27-39(44(19-20-44)54(3,45)52)47-42(48-41)36-17-21-46-38-9-7-8-35(36)38/h7-8,11,13,17,21,26-27,29,33-34,37,40,45,51H,4-6,9-10,12,14-16,18-20,22-25,28H2,1-3H3/t29-,33-,34-,37+,40+,43+,54-/m1/s1. The highest BCUT2D eigenvalue weighted by atomic mass is 32.2. The molecule has 0 spiro atoms. The third kappa shape index (κ3) is 6.38. The summed E-state index contributed by atoms with van der Waals surface area (Å²) in [6.45, 7) is 9.61. The quantitative estimate of drug-likeness (QED) is 0.189. The van der Waals surface area contributed by atoms with Crippen molar-refractivity contribution in [1.29, 1.82) is 4.78 Å². The van der Waals surface area contributed by atoms with E-state index in [1.807, 2.05) is 30.5 Å². The number of ether oxygens (including phenoxy) is 1. The van der Waals surface area contributed by atoms with Gasteiger partial charge in [-0.1, -0.05) is 25.1 Å². The highest BCUT2D eigenvalue weighted by Gasteiger charge is 2.55.